The van der Waals surface area contributed by atoms with Gasteiger partial charge in [0.2, 0.25) is 0 Å². The molecule has 0 atom stereocenters. The van der Waals surface area contributed by atoms with Crippen molar-refractivity contribution in [2.75, 3.05) is 19.5 Å². The maximum Gasteiger partial charge on any atom is 0.171 e. The number of rotatable bonds is 4. The fourth-order valence-electron chi connectivity index (χ4n) is 1.39. The van der Waals surface area contributed by atoms with E-state index in [9.17, 15) is 0 Å². The van der Waals surface area contributed by atoms with Crippen molar-refractivity contribution in [3.63, 3.8) is 0 Å². The Morgan fingerprint density at radius 1 is 1.41 bits per heavy atom. The maximum atomic E-state index is 5.10. The van der Waals surface area contributed by atoms with Crippen LogP contribution >= 0.6 is 27.3 Å². The molecule has 0 aromatic carbocycles. The fourth-order valence-corrected chi connectivity index (χ4v) is 2.75. The molecule has 0 fully saturated rings. The summed E-state index contributed by atoms with van der Waals surface area (Å²) in [4.78, 5) is 9.93. The molecule has 2 rings (SSSR count). The van der Waals surface area contributed by atoms with Crippen LogP contribution in [-0.4, -0.2) is 24.1 Å². The summed E-state index contributed by atoms with van der Waals surface area (Å²) in [6.45, 7) is 0.483. The fraction of sp³-hybridized carbons (Fsp3) is 0.273. The van der Waals surface area contributed by atoms with Crippen molar-refractivity contribution in [1.29, 1.82) is 0 Å². The monoisotopic (exact) mass is 313 g/mol. The molecule has 0 spiro atoms. The SMILES string of the molecule is CNc1cc(COC)nc(-c2cc(Br)cs2)n1. The topological polar surface area (TPSA) is 47.0 Å². The molecule has 90 valence electrons. The lowest BCUT2D eigenvalue weighted by Gasteiger charge is -2.05. The normalized spacial score (nSPS) is 10.5. The largest absolute Gasteiger partial charge is 0.378 e. The van der Waals surface area contributed by atoms with Crippen LogP contribution in [0.4, 0.5) is 5.82 Å². The van der Waals surface area contributed by atoms with Crippen LogP contribution in [-0.2, 0) is 11.3 Å². The van der Waals surface area contributed by atoms with Crippen molar-refractivity contribution in [3.05, 3.63) is 27.7 Å². The highest BCUT2D eigenvalue weighted by atomic mass is 79.9. The first-order valence-corrected chi connectivity index (χ1v) is 6.69. The number of nitrogens with one attached hydrogen (secondary N) is 1. The minimum atomic E-state index is 0.483. The number of thiophene rings is 1. The number of halogens is 1. The average molecular weight is 314 g/mol. The molecule has 6 heteroatoms. The quantitative estimate of drug-likeness (QED) is 0.942. The highest BCUT2D eigenvalue weighted by Crippen LogP contribution is 2.28. The lowest BCUT2D eigenvalue weighted by atomic mass is 10.3. The molecule has 0 aliphatic carbocycles. The van der Waals surface area contributed by atoms with Gasteiger partial charge in [0.25, 0.3) is 0 Å². The van der Waals surface area contributed by atoms with E-state index >= 15 is 0 Å². The summed E-state index contributed by atoms with van der Waals surface area (Å²) in [5, 5.41) is 5.04. The van der Waals surface area contributed by atoms with Gasteiger partial charge in [0.05, 0.1) is 17.2 Å². The molecular weight excluding hydrogens is 302 g/mol. The zero-order chi connectivity index (χ0) is 12.3. The highest BCUT2D eigenvalue weighted by Gasteiger charge is 2.08. The molecular formula is C11H12BrN3OS. The van der Waals surface area contributed by atoms with Crippen molar-refractivity contribution in [2.24, 2.45) is 0 Å². The Balaban J connectivity index is 2.42. The van der Waals surface area contributed by atoms with Gasteiger partial charge in [-0.15, -0.1) is 11.3 Å². The van der Waals surface area contributed by atoms with Gasteiger partial charge in [0.15, 0.2) is 5.82 Å². The molecule has 0 aliphatic rings. The summed E-state index contributed by atoms with van der Waals surface area (Å²) in [7, 11) is 3.50. The lowest BCUT2D eigenvalue weighted by Crippen LogP contribution is -2.01. The number of anilines is 1. The minimum Gasteiger partial charge on any atom is -0.378 e. The second-order valence-corrected chi connectivity index (χ2v) is 5.21. The van der Waals surface area contributed by atoms with Gasteiger partial charge in [0, 0.05) is 30.1 Å². The molecule has 1 N–H and O–H groups in total. The van der Waals surface area contributed by atoms with Crippen LogP contribution in [0.3, 0.4) is 0 Å². The second-order valence-electron chi connectivity index (χ2n) is 3.38. The van der Waals surface area contributed by atoms with E-state index in [1.807, 2.05) is 24.6 Å². The Bertz CT molecular complexity index is 515. The Hall–Kier alpha value is -0.980. The number of hydrogen-bond donors (Lipinski definition) is 1. The van der Waals surface area contributed by atoms with E-state index in [1.54, 1.807) is 18.4 Å². The number of aromatic nitrogens is 2. The van der Waals surface area contributed by atoms with Crippen molar-refractivity contribution in [1.82, 2.24) is 9.97 Å². The molecule has 0 radical (unpaired) electrons. The molecule has 0 aliphatic heterocycles. The number of methoxy groups -OCH3 is 1. The molecule has 2 heterocycles. The van der Waals surface area contributed by atoms with E-state index in [4.69, 9.17) is 4.74 Å². The molecule has 0 bridgehead atoms. The van der Waals surface area contributed by atoms with Crippen LogP contribution < -0.4 is 5.32 Å². The maximum absolute atomic E-state index is 5.10. The summed E-state index contributed by atoms with van der Waals surface area (Å²) >= 11 is 5.04. The van der Waals surface area contributed by atoms with Crippen LogP contribution in [0, 0.1) is 0 Å². The minimum absolute atomic E-state index is 0.483. The zero-order valence-corrected chi connectivity index (χ0v) is 11.9. The number of nitrogens with zero attached hydrogens (tertiary/aromatic N) is 2. The molecule has 4 nitrogen and oxygen atoms in total. The Kier molecular flexibility index (Phi) is 4.09. The average Bonchev–Trinajstić information content (AvgIpc) is 2.76. The van der Waals surface area contributed by atoms with Gasteiger partial charge in [-0.25, -0.2) is 9.97 Å². The third kappa shape index (κ3) is 3.02. The van der Waals surface area contributed by atoms with Crippen LogP contribution in [0.25, 0.3) is 10.7 Å². The van der Waals surface area contributed by atoms with E-state index in [-0.39, 0.29) is 0 Å². The molecule has 0 amide bonds. The highest BCUT2D eigenvalue weighted by molar-refractivity contribution is 9.10. The molecule has 2 aromatic rings. The predicted octanol–water partition coefficient (Wildman–Crippen LogP) is 3.16. The van der Waals surface area contributed by atoms with E-state index in [0.29, 0.717) is 6.61 Å². The number of hydrogen-bond acceptors (Lipinski definition) is 5. The molecule has 0 saturated carbocycles. The van der Waals surface area contributed by atoms with Gasteiger partial charge in [-0.05, 0) is 22.0 Å². The summed E-state index contributed by atoms with van der Waals surface area (Å²) < 4.78 is 6.15. The van der Waals surface area contributed by atoms with Crippen molar-refractivity contribution in [2.45, 2.75) is 6.61 Å². The molecule has 0 saturated heterocycles. The first-order chi connectivity index (χ1) is 8.22. The van der Waals surface area contributed by atoms with E-state index in [0.717, 1.165) is 26.7 Å². The van der Waals surface area contributed by atoms with Gasteiger partial charge < -0.3 is 10.1 Å². The predicted molar refractivity (Wildman–Crippen MR) is 73.3 cm³/mol. The van der Waals surface area contributed by atoms with Crippen molar-refractivity contribution >= 4 is 33.1 Å². The summed E-state index contributed by atoms with van der Waals surface area (Å²) in [5.41, 5.74) is 0.867. The van der Waals surface area contributed by atoms with Crippen molar-refractivity contribution < 1.29 is 4.74 Å². The molecule has 2 aromatic heterocycles. The van der Waals surface area contributed by atoms with Crippen LogP contribution in [0.5, 0.6) is 0 Å². The van der Waals surface area contributed by atoms with E-state index in [1.165, 1.54) is 0 Å². The Labute approximate surface area is 112 Å². The summed E-state index contributed by atoms with van der Waals surface area (Å²) in [6, 6.07) is 3.89. The molecule has 0 unspecified atom stereocenters. The van der Waals surface area contributed by atoms with E-state index in [2.05, 4.69) is 31.2 Å². The summed E-state index contributed by atoms with van der Waals surface area (Å²) in [6.07, 6.45) is 0. The summed E-state index contributed by atoms with van der Waals surface area (Å²) in [5.74, 6) is 1.52. The van der Waals surface area contributed by atoms with Gasteiger partial charge in [-0.1, -0.05) is 0 Å². The standard InChI is InChI=1S/C11H12BrN3OS/c1-13-10-4-8(5-16-2)14-11(15-10)9-3-7(12)6-17-9/h3-4,6H,5H2,1-2H3,(H,13,14,15). The third-order valence-electron chi connectivity index (χ3n) is 2.12. The third-order valence-corrected chi connectivity index (χ3v) is 3.80. The van der Waals surface area contributed by atoms with Gasteiger partial charge in [0.1, 0.15) is 5.82 Å². The first-order valence-electron chi connectivity index (χ1n) is 5.02. The molecule has 17 heavy (non-hydrogen) atoms. The van der Waals surface area contributed by atoms with Crippen molar-refractivity contribution in [3.8, 4) is 10.7 Å². The second kappa shape index (κ2) is 5.57. The number of ether oxygens (including phenoxy) is 1. The first kappa shape index (κ1) is 12.5. The Morgan fingerprint density at radius 3 is 2.82 bits per heavy atom. The van der Waals surface area contributed by atoms with Crippen LogP contribution in [0.2, 0.25) is 0 Å². The van der Waals surface area contributed by atoms with E-state index < -0.39 is 0 Å². The van der Waals surface area contributed by atoms with Crippen LogP contribution in [0.15, 0.2) is 22.0 Å². The van der Waals surface area contributed by atoms with Gasteiger partial charge in [-0.2, -0.15) is 0 Å². The lowest BCUT2D eigenvalue weighted by molar-refractivity contribution is 0.181. The smallest absolute Gasteiger partial charge is 0.171 e. The van der Waals surface area contributed by atoms with Gasteiger partial charge >= 0.3 is 0 Å². The zero-order valence-electron chi connectivity index (χ0n) is 9.53. The Morgan fingerprint density at radius 2 is 2.24 bits per heavy atom. The van der Waals surface area contributed by atoms with Gasteiger partial charge in [-0.3, -0.25) is 0 Å². The van der Waals surface area contributed by atoms with Crippen LogP contribution in [0.1, 0.15) is 5.69 Å².